The number of phosphoric acid groups is 2. The van der Waals surface area contributed by atoms with E-state index in [1.807, 2.05) is 0 Å². The van der Waals surface area contributed by atoms with Gasteiger partial charge in [0.05, 0.1) is 77.8 Å². The maximum atomic E-state index is 12.9. The van der Waals surface area contributed by atoms with E-state index in [0.29, 0.717) is 25.7 Å². The van der Waals surface area contributed by atoms with Gasteiger partial charge in [0.25, 0.3) is 15.6 Å². The number of ether oxygens (including phenoxy) is 2. The van der Waals surface area contributed by atoms with Gasteiger partial charge in [0.1, 0.15) is 23.1 Å². The van der Waals surface area contributed by atoms with Crippen LogP contribution in [0.5, 0.6) is 0 Å². The molecule has 0 saturated carbocycles. The molecule has 0 aliphatic carbocycles. The van der Waals surface area contributed by atoms with E-state index in [0.717, 1.165) is 103 Å². The number of carbonyl (C=O) groups excluding carboxylic acids is 7. The molecule has 0 aromatic carbocycles. The molecular weight excluding hydrogens is 1140 g/mol. The van der Waals surface area contributed by atoms with Crippen molar-refractivity contribution in [3.8, 4) is 0 Å². The summed E-state index contributed by atoms with van der Waals surface area (Å²) in [7, 11) is -10.00. The zero-order chi connectivity index (χ0) is 60.8. The number of ketones is 4. The van der Waals surface area contributed by atoms with Crippen molar-refractivity contribution >= 4 is 56.6 Å². The quantitative estimate of drug-likeness (QED) is 0.0278. The van der Waals surface area contributed by atoms with Gasteiger partial charge in [-0.3, -0.25) is 37.9 Å². The summed E-state index contributed by atoms with van der Waals surface area (Å²) in [5.74, 6) is -1.68. The number of rotatable bonds is 62. The maximum Gasteiger partial charge on any atom is 1.00 e. The molecule has 4 amide bonds. The van der Waals surface area contributed by atoms with E-state index in [2.05, 4.69) is 49.0 Å². The first-order valence-electron chi connectivity index (χ1n) is 31.5. The van der Waals surface area contributed by atoms with Crippen LogP contribution in [0.2, 0.25) is 0 Å². The van der Waals surface area contributed by atoms with Gasteiger partial charge in [0, 0.05) is 51.6 Å². The molecule has 4 atom stereocenters. The summed E-state index contributed by atoms with van der Waals surface area (Å²) in [4.78, 5) is 113. The minimum absolute atomic E-state index is 0. The third-order valence-electron chi connectivity index (χ3n) is 13.5. The van der Waals surface area contributed by atoms with E-state index in [-0.39, 0.29) is 147 Å². The first kappa shape index (κ1) is 87.2. The molecule has 0 saturated heterocycles. The summed E-state index contributed by atoms with van der Waals surface area (Å²) in [6.45, 7) is 5.29. The summed E-state index contributed by atoms with van der Waals surface area (Å²) >= 11 is 0. The fourth-order valence-electron chi connectivity index (χ4n) is 8.69. The van der Waals surface area contributed by atoms with Crippen molar-refractivity contribution < 1.29 is 139 Å². The van der Waals surface area contributed by atoms with Gasteiger partial charge in [0.15, 0.2) is 0 Å². The van der Waals surface area contributed by atoms with Gasteiger partial charge in [0.2, 0.25) is 11.8 Å². The van der Waals surface area contributed by atoms with Crippen LogP contribution in [-0.4, -0.2) is 119 Å². The van der Waals surface area contributed by atoms with Gasteiger partial charge in [-0.2, -0.15) is 0 Å². The van der Waals surface area contributed by atoms with Crippen LogP contribution in [0.25, 0.3) is 0 Å². The summed E-state index contributed by atoms with van der Waals surface area (Å²) in [6.07, 6.45) is 30.4. The van der Waals surface area contributed by atoms with Crippen molar-refractivity contribution in [3.63, 3.8) is 0 Å². The molecule has 84 heavy (non-hydrogen) atoms. The minimum atomic E-state index is -5.00. The summed E-state index contributed by atoms with van der Waals surface area (Å²) < 4.78 is 56.4. The second-order valence-electron chi connectivity index (χ2n) is 21.5. The molecule has 480 valence electrons. The Labute approximate surface area is 549 Å². The summed E-state index contributed by atoms with van der Waals surface area (Å²) in [6, 6.07) is -2.84. The number of phosphoric ester groups is 2. The Morgan fingerprint density at radius 2 is 0.631 bits per heavy atom. The first-order chi connectivity index (χ1) is 39.4. The second kappa shape index (κ2) is 60.9. The predicted octanol–water partition coefficient (Wildman–Crippen LogP) is 4.70. The Hall–Kier alpha value is -0.970. The predicted molar refractivity (Wildman–Crippen MR) is 315 cm³/mol. The Balaban J connectivity index is -0.0000328. The van der Waals surface area contributed by atoms with E-state index >= 15 is 0 Å². The van der Waals surface area contributed by atoms with Crippen LogP contribution in [0.3, 0.4) is 0 Å². The van der Waals surface area contributed by atoms with Gasteiger partial charge < -0.3 is 58.6 Å². The third-order valence-corrected chi connectivity index (χ3v) is 15.4. The molecule has 0 aliphatic rings. The Morgan fingerprint density at radius 1 is 0.357 bits per heavy atom. The van der Waals surface area contributed by atoms with Crippen molar-refractivity contribution in [2.75, 3.05) is 65.9 Å². The number of amides is 4. The van der Waals surface area contributed by atoms with Gasteiger partial charge in [-0.15, -0.1) is 0 Å². The molecule has 4 N–H and O–H groups in total. The van der Waals surface area contributed by atoms with Crippen LogP contribution >= 0.6 is 15.6 Å². The molecule has 25 heteroatoms. The average molecular weight is 1260 g/mol. The van der Waals surface area contributed by atoms with Crippen LogP contribution in [0.1, 0.15) is 259 Å². The largest absolute Gasteiger partial charge is 1.00 e. The van der Waals surface area contributed by atoms with Gasteiger partial charge in [-0.05, 0) is 25.7 Å². The van der Waals surface area contributed by atoms with Crippen LogP contribution in [0.4, 0.5) is 4.79 Å². The van der Waals surface area contributed by atoms with E-state index in [1.165, 1.54) is 64.2 Å². The van der Waals surface area contributed by atoms with Crippen LogP contribution in [0.15, 0.2) is 0 Å². The molecule has 0 heterocycles. The molecule has 0 radical (unpaired) electrons. The van der Waals surface area contributed by atoms with Crippen LogP contribution in [0, 0.1) is 0 Å². The molecule has 21 nitrogen and oxygen atoms in total. The number of nitrogens with one attached hydrogen (secondary N) is 4. The Kier molecular flexibility index (Phi) is 63.3. The number of carbonyl (C=O) groups is 7. The summed E-state index contributed by atoms with van der Waals surface area (Å²) in [5, 5.41) is 9.90. The van der Waals surface area contributed by atoms with Crippen molar-refractivity contribution in [3.05, 3.63) is 0 Å². The first-order valence-corrected chi connectivity index (χ1v) is 34.4. The normalized spacial score (nSPS) is 13.3. The van der Waals surface area contributed by atoms with Crippen LogP contribution < -0.4 is 90.2 Å². The zero-order valence-corrected chi connectivity index (χ0v) is 58.8. The van der Waals surface area contributed by atoms with Crippen molar-refractivity contribution in [2.45, 2.75) is 271 Å². The molecular formula is C59H110N4Na2O17P2. The SMILES string of the molecule is CCCCCCCCCCCC(=O)CC(=O)NC(COCCC(=O)CCCCCCC)COP(=O)([O-])OCCNC(=O)NCCOP(=O)([O-])OCC(COCCC(=O)CCCCCCC)NC(=O)CC(=O)CCCCCCCCCCC.[Na+].[Na+]. The zero-order valence-electron chi connectivity index (χ0n) is 53.0. The molecule has 4 unspecified atom stereocenters. The smallest absolute Gasteiger partial charge is 0.756 e. The summed E-state index contributed by atoms with van der Waals surface area (Å²) in [5.41, 5.74) is 0. The van der Waals surface area contributed by atoms with Gasteiger partial charge in [-0.25, -0.2) is 4.79 Å². The van der Waals surface area contributed by atoms with Crippen molar-refractivity contribution in [1.29, 1.82) is 0 Å². The van der Waals surface area contributed by atoms with Gasteiger partial charge >= 0.3 is 65.1 Å². The standard InChI is InChI=1S/C59H112N4O17P2.2Na/c1-5-9-13-17-19-21-23-27-31-35-55(66)45-57(68)62-51(47-75-41-37-53(64)33-29-25-15-11-7-3)49-79-81(71,72)77-43-39-60-59(70)61-40-44-78-82(73,74)80-50-52(48-76-42-38-54(65)34-30-26-16-12-8-4)63-58(69)46-56(67)36-32-28-24-22-20-18-14-10-6-2;;/h51-52H,5-50H2,1-4H3,(H,62,68)(H,63,69)(H,71,72)(H,73,74)(H2,60,61,70);;/q;2*+1/p-2. The topological polar surface area (TPSA) is 303 Å². The third kappa shape index (κ3) is 60.0. The number of Topliss-reactive ketones (excluding diaryl/α,β-unsaturated/α-hetero) is 4. The van der Waals surface area contributed by atoms with E-state index in [1.54, 1.807) is 0 Å². The molecule has 0 bridgehead atoms. The van der Waals surface area contributed by atoms with Crippen molar-refractivity contribution in [2.24, 2.45) is 0 Å². The minimum Gasteiger partial charge on any atom is -0.756 e. The van der Waals surface area contributed by atoms with E-state index in [9.17, 15) is 52.5 Å². The van der Waals surface area contributed by atoms with Crippen LogP contribution in [-0.2, 0) is 65.5 Å². The molecule has 0 aliphatic heterocycles. The monoisotopic (exact) mass is 1250 g/mol. The molecule has 0 rings (SSSR count). The number of hydrogen-bond acceptors (Lipinski definition) is 17. The maximum absolute atomic E-state index is 12.9. The molecule has 0 aromatic rings. The van der Waals surface area contributed by atoms with E-state index < -0.39 is 84.8 Å². The number of unbranched alkanes of at least 4 members (excludes halogenated alkanes) is 24. The Bertz CT molecular complexity index is 1670. The average Bonchev–Trinajstić information content (AvgIpc) is 3.55. The second-order valence-corrected chi connectivity index (χ2v) is 24.3. The van der Waals surface area contributed by atoms with Crippen molar-refractivity contribution in [1.82, 2.24) is 21.3 Å². The fourth-order valence-corrected chi connectivity index (χ4v) is 10.2. The number of urea groups is 1. The Morgan fingerprint density at radius 3 is 0.929 bits per heavy atom. The van der Waals surface area contributed by atoms with Gasteiger partial charge in [-0.1, -0.05) is 182 Å². The van der Waals surface area contributed by atoms with E-state index in [4.69, 9.17) is 27.6 Å². The fraction of sp³-hybridized carbons (Fsp3) is 0.881. The number of hydrogen-bond donors (Lipinski definition) is 4. The molecule has 0 fully saturated rings. The molecule has 0 aromatic heterocycles. The molecule has 0 spiro atoms.